The van der Waals surface area contributed by atoms with Crippen molar-refractivity contribution in [3.63, 3.8) is 0 Å². The molecule has 0 bridgehead atoms. The van der Waals surface area contributed by atoms with Crippen molar-refractivity contribution in [2.45, 2.75) is 4.90 Å². The summed E-state index contributed by atoms with van der Waals surface area (Å²) < 4.78 is 6.31. The molecule has 0 radical (unpaired) electrons. The van der Waals surface area contributed by atoms with Gasteiger partial charge in [0.05, 0.1) is 27.9 Å². The van der Waals surface area contributed by atoms with Gasteiger partial charge in [0.1, 0.15) is 5.75 Å². The van der Waals surface area contributed by atoms with E-state index in [1.54, 1.807) is 17.8 Å². The number of rotatable bonds is 5. The Kier molecular flexibility index (Phi) is 4.35. The minimum atomic E-state index is -0.437. The van der Waals surface area contributed by atoms with Crippen LogP contribution in [0.2, 0.25) is 0 Å². The predicted octanol–water partition coefficient (Wildman–Crippen LogP) is 4.68. The maximum atomic E-state index is 10.9. The Hall–Kier alpha value is -2.32. The highest BCUT2D eigenvalue weighted by Crippen LogP contribution is 2.35. The Morgan fingerprint density at radius 1 is 1.30 bits per heavy atom. The quantitative estimate of drug-likeness (QED) is 0.410. The fourth-order valence-electron chi connectivity index (χ4n) is 2.11. The van der Waals surface area contributed by atoms with Gasteiger partial charge >= 0.3 is 0 Å². The number of hydrogen-bond acceptors (Lipinski definition) is 7. The number of aromatic nitrogens is 1. The van der Waals surface area contributed by atoms with Crippen molar-refractivity contribution in [1.82, 2.24) is 4.98 Å². The summed E-state index contributed by atoms with van der Waals surface area (Å²) in [7, 11) is 1.52. The first-order valence-corrected chi connectivity index (χ1v) is 8.69. The van der Waals surface area contributed by atoms with Crippen molar-refractivity contribution < 1.29 is 9.66 Å². The number of nitrogens with zero attached hydrogens (tertiary/aromatic N) is 2. The Morgan fingerprint density at radius 2 is 2.13 bits per heavy atom. The summed E-state index contributed by atoms with van der Waals surface area (Å²) in [6, 6.07) is 10.5. The van der Waals surface area contributed by atoms with Crippen molar-refractivity contribution >= 4 is 49.8 Å². The van der Waals surface area contributed by atoms with Crippen LogP contribution in [0, 0.1) is 10.1 Å². The predicted molar refractivity (Wildman–Crippen MR) is 94.3 cm³/mol. The number of thioether (sulfide) groups is 1. The van der Waals surface area contributed by atoms with Crippen molar-refractivity contribution in [1.29, 1.82) is 0 Å². The first-order chi connectivity index (χ1) is 11.1. The third-order valence-corrected chi connectivity index (χ3v) is 4.89. The van der Waals surface area contributed by atoms with Crippen molar-refractivity contribution in [2.75, 3.05) is 18.7 Å². The molecule has 0 amide bonds. The lowest BCUT2D eigenvalue weighted by molar-refractivity contribution is -0.384. The topological polar surface area (TPSA) is 77.3 Å². The molecule has 0 saturated heterocycles. The summed E-state index contributed by atoms with van der Waals surface area (Å²) >= 11 is 3.17. The normalized spacial score (nSPS) is 10.7. The molecule has 0 aliphatic rings. The van der Waals surface area contributed by atoms with Gasteiger partial charge in [0.25, 0.3) is 5.69 Å². The standard InChI is InChI=1S/C15H13N3O3S2/c1-21-13-6-3-9(18(19)20)7-12(13)17-15-16-11-5-4-10(22-2)8-14(11)23-15/h3-8H,1-2H3,(H,16,17). The third-order valence-electron chi connectivity index (χ3n) is 3.23. The number of benzene rings is 2. The SMILES string of the molecule is COc1ccc([N+](=O)[O-])cc1Nc1nc2ccc(SC)cc2s1. The van der Waals surface area contributed by atoms with Gasteiger partial charge in [-0.2, -0.15) is 0 Å². The lowest BCUT2D eigenvalue weighted by Gasteiger charge is -2.08. The molecule has 3 rings (SSSR count). The molecule has 8 heteroatoms. The third kappa shape index (κ3) is 3.22. The summed E-state index contributed by atoms with van der Waals surface area (Å²) in [6.07, 6.45) is 2.02. The number of ether oxygens (including phenoxy) is 1. The van der Waals surface area contributed by atoms with Crippen LogP contribution in [0.1, 0.15) is 0 Å². The second kappa shape index (κ2) is 6.43. The summed E-state index contributed by atoms with van der Waals surface area (Å²) in [5.74, 6) is 0.527. The smallest absolute Gasteiger partial charge is 0.271 e. The largest absolute Gasteiger partial charge is 0.495 e. The molecule has 0 spiro atoms. The number of anilines is 2. The second-order valence-electron chi connectivity index (χ2n) is 4.62. The molecule has 0 aliphatic carbocycles. The summed E-state index contributed by atoms with van der Waals surface area (Å²) in [6.45, 7) is 0. The van der Waals surface area contributed by atoms with Crippen LogP contribution in [0.3, 0.4) is 0 Å². The van der Waals surface area contributed by atoms with Crippen LogP contribution >= 0.6 is 23.1 Å². The highest BCUT2D eigenvalue weighted by molar-refractivity contribution is 7.98. The highest BCUT2D eigenvalue weighted by atomic mass is 32.2. The fraction of sp³-hybridized carbons (Fsp3) is 0.133. The molecule has 3 aromatic rings. The van der Waals surface area contributed by atoms with E-state index in [-0.39, 0.29) is 5.69 Å². The van der Waals surface area contributed by atoms with Gasteiger partial charge in [-0.1, -0.05) is 11.3 Å². The fourth-order valence-corrected chi connectivity index (χ4v) is 3.54. The van der Waals surface area contributed by atoms with Crippen LogP contribution < -0.4 is 10.1 Å². The molecule has 1 heterocycles. The zero-order valence-electron chi connectivity index (χ0n) is 12.4. The molecular weight excluding hydrogens is 334 g/mol. The van der Waals surface area contributed by atoms with Crippen LogP contribution in [0.15, 0.2) is 41.3 Å². The molecule has 6 nitrogen and oxygen atoms in total. The van der Waals surface area contributed by atoms with Crippen molar-refractivity contribution in [2.24, 2.45) is 0 Å². The molecular formula is C15H13N3O3S2. The van der Waals surface area contributed by atoms with Gasteiger partial charge in [0.2, 0.25) is 0 Å². The van der Waals surface area contributed by atoms with Crippen molar-refractivity contribution in [3.8, 4) is 5.75 Å². The number of nitro groups is 1. The first-order valence-electron chi connectivity index (χ1n) is 6.65. The second-order valence-corrected chi connectivity index (χ2v) is 6.53. The van der Waals surface area contributed by atoms with Crippen LogP contribution in [-0.2, 0) is 0 Å². The molecule has 0 aliphatic heterocycles. The molecule has 0 unspecified atom stereocenters. The number of non-ortho nitro benzene ring substituents is 1. The molecule has 0 atom stereocenters. The zero-order valence-corrected chi connectivity index (χ0v) is 14.0. The monoisotopic (exact) mass is 347 g/mol. The lowest BCUT2D eigenvalue weighted by Crippen LogP contribution is -1.96. The van der Waals surface area contributed by atoms with Gasteiger partial charge < -0.3 is 10.1 Å². The number of nitrogens with one attached hydrogen (secondary N) is 1. The average Bonchev–Trinajstić information content (AvgIpc) is 2.95. The number of methoxy groups -OCH3 is 1. The van der Waals surface area contributed by atoms with Gasteiger partial charge in [0.15, 0.2) is 5.13 Å². The maximum absolute atomic E-state index is 10.9. The number of thiazole rings is 1. The average molecular weight is 347 g/mol. The lowest BCUT2D eigenvalue weighted by atomic mass is 10.2. The Morgan fingerprint density at radius 3 is 2.83 bits per heavy atom. The van der Waals surface area contributed by atoms with E-state index >= 15 is 0 Å². The van der Waals surface area contributed by atoms with Gasteiger partial charge in [-0.25, -0.2) is 4.98 Å². The minimum Gasteiger partial charge on any atom is -0.495 e. The van der Waals surface area contributed by atoms with E-state index in [1.807, 2.05) is 18.4 Å². The molecule has 1 aromatic heterocycles. The molecule has 23 heavy (non-hydrogen) atoms. The Labute approximate surface area is 140 Å². The van der Waals surface area contributed by atoms with Gasteiger partial charge in [0, 0.05) is 17.0 Å². The van der Waals surface area contributed by atoms with E-state index in [0.29, 0.717) is 16.6 Å². The van der Waals surface area contributed by atoms with Gasteiger partial charge in [-0.3, -0.25) is 10.1 Å². The van der Waals surface area contributed by atoms with Gasteiger partial charge in [-0.15, -0.1) is 11.8 Å². The first kappa shape index (κ1) is 15.6. The maximum Gasteiger partial charge on any atom is 0.271 e. The van der Waals surface area contributed by atoms with Crippen LogP contribution in [0.5, 0.6) is 5.75 Å². The van der Waals surface area contributed by atoms with Crippen LogP contribution in [0.4, 0.5) is 16.5 Å². The van der Waals surface area contributed by atoms with E-state index < -0.39 is 4.92 Å². The molecule has 2 aromatic carbocycles. The molecule has 118 valence electrons. The number of hydrogen-bond donors (Lipinski definition) is 1. The molecule has 0 fully saturated rings. The van der Waals surface area contributed by atoms with E-state index in [9.17, 15) is 10.1 Å². The summed E-state index contributed by atoms with van der Waals surface area (Å²) in [5, 5.41) is 14.7. The summed E-state index contributed by atoms with van der Waals surface area (Å²) in [5.41, 5.74) is 1.41. The Bertz CT molecular complexity index is 880. The zero-order chi connectivity index (χ0) is 16.4. The Balaban J connectivity index is 1.97. The highest BCUT2D eigenvalue weighted by Gasteiger charge is 2.13. The van der Waals surface area contributed by atoms with Crippen LogP contribution in [0.25, 0.3) is 10.2 Å². The molecule has 0 saturated carbocycles. The number of nitro benzene ring substituents is 1. The summed E-state index contributed by atoms with van der Waals surface area (Å²) in [4.78, 5) is 16.2. The van der Waals surface area contributed by atoms with E-state index in [4.69, 9.17) is 4.74 Å². The van der Waals surface area contributed by atoms with Gasteiger partial charge in [-0.05, 0) is 30.5 Å². The number of fused-ring (bicyclic) bond motifs is 1. The van der Waals surface area contributed by atoms with E-state index in [0.717, 1.165) is 10.2 Å². The molecule has 1 N–H and O–H groups in total. The van der Waals surface area contributed by atoms with E-state index in [2.05, 4.69) is 16.4 Å². The van der Waals surface area contributed by atoms with Crippen LogP contribution in [-0.4, -0.2) is 23.3 Å². The van der Waals surface area contributed by atoms with E-state index in [1.165, 1.54) is 35.5 Å². The minimum absolute atomic E-state index is 0.000852. The van der Waals surface area contributed by atoms with Crippen molar-refractivity contribution in [3.05, 3.63) is 46.5 Å².